The molecule has 17 heteroatoms. The minimum atomic E-state index is -5.11. The van der Waals surface area contributed by atoms with Gasteiger partial charge in [-0.3, -0.25) is 9.69 Å². The predicted molar refractivity (Wildman–Crippen MR) is 160 cm³/mol. The summed E-state index contributed by atoms with van der Waals surface area (Å²) < 4.78 is 131. The van der Waals surface area contributed by atoms with Crippen molar-refractivity contribution in [1.82, 2.24) is 14.8 Å². The van der Waals surface area contributed by atoms with Crippen molar-refractivity contribution in [3.05, 3.63) is 58.3 Å². The van der Waals surface area contributed by atoms with E-state index in [0.717, 1.165) is 24.1 Å². The predicted octanol–water partition coefficient (Wildman–Crippen LogP) is 8.10. The summed E-state index contributed by atoms with van der Waals surface area (Å²) in [5.74, 6) is 0.210. The third-order valence-electron chi connectivity index (χ3n) is 8.08. The van der Waals surface area contributed by atoms with Gasteiger partial charge in [-0.05, 0) is 97.4 Å². The molecule has 2 saturated heterocycles. The molecule has 274 valence electrons. The highest BCUT2D eigenvalue weighted by Gasteiger charge is 2.44. The molecule has 0 radical (unpaired) electrons. The van der Waals surface area contributed by atoms with E-state index in [1.807, 2.05) is 39.6 Å². The summed E-state index contributed by atoms with van der Waals surface area (Å²) in [6.45, 7) is 10.5. The van der Waals surface area contributed by atoms with Crippen LogP contribution in [0.5, 0.6) is 0 Å². The second-order valence-electron chi connectivity index (χ2n) is 12.9. The molecule has 1 aromatic heterocycles. The third-order valence-corrected chi connectivity index (χ3v) is 8.08. The number of carbonyl (C=O) groups excluding carboxylic acids is 2. The Labute approximate surface area is 278 Å². The quantitative estimate of drug-likeness (QED) is 0.212. The molecule has 0 spiro atoms. The number of ether oxygens (including phenoxy) is 2. The molecule has 0 bridgehead atoms. The Balaban J connectivity index is 0.000000838. The maximum absolute atomic E-state index is 13.7. The van der Waals surface area contributed by atoms with E-state index in [4.69, 9.17) is 4.74 Å². The van der Waals surface area contributed by atoms with Gasteiger partial charge < -0.3 is 19.3 Å². The van der Waals surface area contributed by atoms with Crippen LogP contribution in [0.15, 0.2) is 30.5 Å². The Hall–Kier alpha value is -3.76. The van der Waals surface area contributed by atoms with E-state index in [-0.39, 0.29) is 29.1 Å². The first-order chi connectivity index (χ1) is 22.5. The number of hydrogen-bond acceptors (Lipinski definition) is 7. The maximum atomic E-state index is 13.7. The molecule has 3 heterocycles. The van der Waals surface area contributed by atoms with Crippen LogP contribution in [0.25, 0.3) is 0 Å². The molecule has 2 fully saturated rings. The number of pyridine rings is 1. The molecule has 4 rings (SSSR count). The largest absolute Gasteiger partial charge is 0.462 e. The summed E-state index contributed by atoms with van der Waals surface area (Å²) in [4.78, 5) is 31.6. The average molecular weight is 715 g/mol. The van der Waals surface area contributed by atoms with Gasteiger partial charge in [0.2, 0.25) is 0 Å². The van der Waals surface area contributed by atoms with E-state index in [0.29, 0.717) is 44.2 Å². The fourth-order valence-corrected chi connectivity index (χ4v) is 5.55. The van der Waals surface area contributed by atoms with Gasteiger partial charge in [0.1, 0.15) is 17.5 Å². The Morgan fingerprint density at radius 1 is 0.918 bits per heavy atom. The molecule has 2 aliphatic rings. The molecule has 1 aromatic carbocycles. The first kappa shape index (κ1) is 39.7. The highest BCUT2D eigenvalue weighted by atomic mass is 19.4. The van der Waals surface area contributed by atoms with Crippen molar-refractivity contribution >= 4 is 18.4 Å². The molecule has 0 saturated carbocycles. The van der Waals surface area contributed by atoms with Crippen LogP contribution in [0.4, 0.5) is 50.1 Å². The summed E-state index contributed by atoms with van der Waals surface area (Å²) >= 11 is 0. The summed E-state index contributed by atoms with van der Waals surface area (Å²) in [6, 6.07) is 0.608. The number of hydrogen-bond donors (Lipinski definition) is 0. The lowest BCUT2D eigenvalue weighted by atomic mass is 9.97. The zero-order chi connectivity index (χ0) is 37.1. The van der Waals surface area contributed by atoms with E-state index in [9.17, 15) is 49.1 Å². The van der Waals surface area contributed by atoms with E-state index in [1.165, 1.54) is 6.92 Å². The molecule has 0 aliphatic carbocycles. The molecule has 2 aliphatic heterocycles. The van der Waals surface area contributed by atoms with Gasteiger partial charge in [-0.25, -0.2) is 9.78 Å². The highest BCUT2D eigenvalue weighted by Crippen LogP contribution is 2.42. The van der Waals surface area contributed by atoms with E-state index < -0.39 is 65.6 Å². The van der Waals surface area contributed by atoms with E-state index in [2.05, 4.69) is 14.6 Å². The standard InChI is InChI=1S/C27H29F9N4O2.C5H10O2/c1-4-39(21-5-7-38(3)8-6-21)23-17(11-20(13-37-23)27(34,35)36)14-40-15(2)22(42-24(40)41)16-9-18(25(28,29)30)12-19(10-16)26(31,32)33;1-5(2,3)7-4-6/h9-13,15,21-22H,4-8,14H2,1-3H3;4H,1-3H3. The molecule has 2 unspecified atom stereocenters. The van der Waals surface area contributed by atoms with Crippen molar-refractivity contribution in [3.63, 3.8) is 0 Å². The number of benzene rings is 1. The van der Waals surface area contributed by atoms with Gasteiger partial charge in [-0.2, -0.15) is 39.5 Å². The number of likely N-dealkylation sites (tertiary alicyclic amines) is 1. The smallest absolute Gasteiger partial charge is 0.417 e. The minimum absolute atomic E-state index is 0.0232. The fourth-order valence-electron chi connectivity index (χ4n) is 5.55. The molecule has 49 heavy (non-hydrogen) atoms. The third kappa shape index (κ3) is 10.4. The molecule has 2 aromatic rings. The molecule has 2 atom stereocenters. The number of amides is 1. The zero-order valence-corrected chi connectivity index (χ0v) is 27.8. The summed E-state index contributed by atoms with van der Waals surface area (Å²) in [5, 5.41) is 0. The first-order valence-electron chi connectivity index (χ1n) is 15.4. The second-order valence-corrected chi connectivity index (χ2v) is 12.9. The molecule has 8 nitrogen and oxygen atoms in total. The Morgan fingerprint density at radius 2 is 1.45 bits per heavy atom. The first-order valence-corrected chi connectivity index (χ1v) is 15.4. The number of rotatable bonds is 7. The highest BCUT2D eigenvalue weighted by molar-refractivity contribution is 5.71. The number of cyclic esters (lactones) is 1. The average Bonchev–Trinajstić information content (AvgIpc) is 3.25. The SMILES string of the molecule is CC(C)(C)OC=O.CCN(c1ncc(C(F)(F)F)cc1CN1C(=O)OC(c2cc(C(F)(F)F)cc(C(F)(F)F)c2)C1C)C1CCN(C)CC1. The Kier molecular flexibility index (Phi) is 12.2. The van der Waals surface area contributed by atoms with Crippen LogP contribution >= 0.6 is 0 Å². The van der Waals surface area contributed by atoms with Crippen LogP contribution < -0.4 is 4.90 Å². The number of aromatic nitrogens is 1. The minimum Gasteiger partial charge on any atom is -0.462 e. The number of carbonyl (C=O) groups is 2. The number of piperidine rings is 1. The summed E-state index contributed by atoms with van der Waals surface area (Å²) in [7, 11) is 1.95. The normalized spacial score (nSPS) is 19.7. The van der Waals surface area contributed by atoms with Crippen molar-refractivity contribution < 1.29 is 58.6 Å². The van der Waals surface area contributed by atoms with Crippen LogP contribution in [0.2, 0.25) is 0 Å². The van der Waals surface area contributed by atoms with Crippen molar-refractivity contribution in [2.75, 3.05) is 31.6 Å². The van der Waals surface area contributed by atoms with Gasteiger partial charge in [-0.15, -0.1) is 0 Å². The lowest BCUT2D eigenvalue weighted by Gasteiger charge is -2.38. The van der Waals surface area contributed by atoms with Gasteiger partial charge >= 0.3 is 24.6 Å². The number of anilines is 1. The molecular weight excluding hydrogens is 675 g/mol. The summed E-state index contributed by atoms with van der Waals surface area (Å²) in [6.07, 6.45) is -15.5. The number of nitrogens with zero attached hydrogens (tertiary/aromatic N) is 4. The number of alkyl halides is 9. The van der Waals surface area contributed by atoms with Crippen LogP contribution in [-0.4, -0.2) is 71.7 Å². The van der Waals surface area contributed by atoms with Crippen LogP contribution in [-0.2, 0) is 39.3 Å². The number of halogens is 9. The van der Waals surface area contributed by atoms with Gasteiger partial charge in [0.05, 0.1) is 29.3 Å². The van der Waals surface area contributed by atoms with Crippen LogP contribution in [0.3, 0.4) is 0 Å². The monoisotopic (exact) mass is 714 g/mol. The summed E-state index contributed by atoms with van der Waals surface area (Å²) in [5.41, 5.74) is -5.04. The Bertz CT molecular complexity index is 1420. The molecule has 1 amide bonds. The second kappa shape index (κ2) is 15.0. The van der Waals surface area contributed by atoms with Crippen LogP contribution in [0.1, 0.15) is 81.4 Å². The van der Waals surface area contributed by atoms with Crippen molar-refractivity contribution in [2.24, 2.45) is 0 Å². The van der Waals surface area contributed by atoms with Crippen molar-refractivity contribution in [2.45, 2.75) is 96.3 Å². The van der Waals surface area contributed by atoms with Crippen LogP contribution in [0, 0.1) is 0 Å². The maximum Gasteiger partial charge on any atom is 0.417 e. The zero-order valence-electron chi connectivity index (χ0n) is 27.8. The topological polar surface area (TPSA) is 75.2 Å². The van der Waals surface area contributed by atoms with Crippen molar-refractivity contribution in [3.8, 4) is 0 Å². The van der Waals surface area contributed by atoms with Gasteiger partial charge in [-0.1, -0.05) is 0 Å². The fraction of sp³-hybridized carbons (Fsp3) is 0.594. The lowest BCUT2D eigenvalue weighted by molar-refractivity contribution is -0.143. The van der Waals surface area contributed by atoms with Crippen molar-refractivity contribution in [1.29, 1.82) is 0 Å². The molecule has 0 N–H and O–H groups in total. The van der Waals surface area contributed by atoms with Gasteiger partial charge in [0.15, 0.2) is 0 Å². The lowest BCUT2D eigenvalue weighted by Crippen LogP contribution is -2.45. The van der Waals surface area contributed by atoms with Gasteiger partial charge in [0, 0.05) is 24.3 Å². The van der Waals surface area contributed by atoms with E-state index in [1.54, 1.807) is 0 Å². The Morgan fingerprint density at radius 3 is 1.88 bits per heavy atom. The molecular formula is C32H39F9N4O4. The van der Waals surface area contributed by atoms with Gasteiger partial charge in [0.25, 0.3) is 6.47 Å². The van der Waals surface area contributed by atoms with E-state index >= 15 is 0 Å².